The highest BCUT2D eigenvalue weighted by molar-refractivity contribution is 5.92. The molecule has 1 amide bonds. The summed E-state index contributed by atoms with van der Waals surface area (Å²) in [6.45, 7) is 7.78. The number of ether oxygens (including phenoxy) is 2. The maximum atomic E-state index is 13.0. The maximum Gasteiger partial charge on any atom is 0.272 e. The lowest BCUT2D eigenvalue weighted by molar-refractivity contribution is 0.0664. The molecule has 2 aliphatic rings. The SMILES string of the molecule is CO[C@H]1C[C@@H](CN2CCCC2)N(C(=O)c2ccc(OC(C)C)cn2)C1. The molecule has 3 heterocycles. The predicted octanol–water partition coefficient (Wildman–Crippen LogP) is 2.19. The minimum Gasteiger partial charge on any atom is -0.489 e. The van der Waals surface area contributed by atoms with Gasteiger partial charge in [0, 0.05) is 26.2 Å². The monoisotopic (exact) mass is 347 g/mol. The second-order valence-electron chi connectivity index (χ2n) is 7.26. The van der Waals surface area contributed by atoms with Crippen LogP contribution in [-0.4, -0.2) is 72.2 Å². The van der Waals surface area contributed by atoms with Crippen LogP contribution in [0.1, 0.15) is 43.6 Å². The Morgan fingerprint density at radius 2 is 2.08 bits per heavy atom. The number of likely N-dealkylation sites (tertiary alicyclic amines) is 2. The van der Waals surface area contributed by atoms with Gasteiger partial charge in [-0.2, -0.15) is 0 Å². The zero-order valence-corrected chi connectivity index (χ0v) is 15.5. The van der Waals surface area contributed by atoms with Crippen LogP contribution in [-0.2, 0) is 4.74 Å². The molecule has 3 rings (SSSR count). The lowest BCUT2D eigenvalue weighted by Crippen LogP contribution is -2.42. The van der Waals surface area contributed by atoms with Gasteiger partial charge < -0.3 is 19.3 Å². The number of hydrogen-bond donors (Lipinski definition) is 0. The van der Waals surface area contributed by atoms with E-state index in [1.165, 1.54) is 12.8 Å². The molecule has 138 valence electrons. The van der Waals surface area contributed by atoms with Gasteiger partial charge in [0.05, 0.1) is 18.4 Å². The summed E-state index contributed by atoms with van der Waals surface area (Å²) in [5.74, 6) is 0.677. The second-order valence-corrected chi connectivity index (χ2v) is 7.26. The third-order valence-corrected chi connectivity index (χ3v) is 4.97. The van der Waals surface area contributed by atoms with Crippen LogP contribution in [0, 0.1) is 0 Å². The Kier molecular flexibility index (Phi) is 5.91. The zero-order valence-electron chi connectivity index (χ0n) is 15.5. The number of hydrogen-bond acceptors (Lipinski definition) is 5. The summed E-state index contributed by atoms with van der Waals surface area (Å²) in [6, 6.07) is 3.77. The van der Waals surface area contributed by atoms with Crippen molar-refractivity contribution in [1.29, 1.82) is 0 Å². The van der Waals surface area contributed by atoms with Crippen LogP contribution in [0.3, 0.4) is 0 Å². The van der Waals surface area contributed by atoms with E-state index in [4.69, 9.17) is 9.47 Å². The summed E-state index contributed by atoms with van der Waals surface area (Å²) >= 11 is 0. The molecular weight excluding hydrogens is 318 g/mol. The number of carbonyl (C=O) groups excluding carboxylic acids is 1. The van der Waals surface area contributed by atoms with Crippen LogP contribution in [0.15, 0.2) is 18.3 Å². The fourth-order valence-electron chi connectivity index (χ4n) is 3.73. The highest BCUT2D eigenvalue weighted by Crippen LogP contribution is 2.24. The molecule has 0 radical (unpaired) electrons. The molecule has 0 aliphatic carbocycles. The number of pyridine rings is 1. The van der Waals surface area contributed by atoms with Crippen LogP contribution in [0.4, 0.5) is 0 Å². The van der Waals surface area contributed by atoms with Crippen LogP contribution in [0.2, 0.25) is 0 Å². The Morgan fingerprint density at radius 3 is 2.68 bits per heavy atom. The van der Waals surface area contributed by atoms with E-state index in [9.17, 15) is 4.79 Å². The van der Waals surface area contributed by atoms with Crippen LogP contribution in [0.25, 0.3) is 0 Å². The first-order valence-electron chi connectivity index (χ1n) is 9.25. The summed E-state index contributed by atoms with van der Waals surface area (Å²) in [4.78, 5) is 21.7. The van der Waals surface area contributed by atoms with E-state index in [2.05, 4.69) is 9.88 Å². The molecule has 1 aromatic rings. The number of nitrogens with zero attached hydrogens (tertiary/aromatic N) is 3. The molecule has 6 heteroatoms. The van der Waals surface area contributed by atoms with E-state index >= 15 is 0 Å². The number of amides is 1. The Morgan fingerprint density at radius 1 is 1.32 bits per heavy atom. The normalized spacial score (nSPS) is 24.2. The first kappa shape index (κ1) is 18.1. The number of carbonyl (C=O) groups is 1. The van der Waals surface area contributed by atoms with Gasteiger partial charge in [-0.25, -0.2) is 4.98 Å². The molecule has 2 atom stereocenters. The van der Waals surface area contributed by atoms with Gasteiger partial charge in [0.25, 0.3) is 5.91 Å². The number of aromatic nitrogens is 1. The molecule has 2 fully saturated rings. The van der Waals surface area contributed by atoms with Crippen molar-refractivity contribution in [3.05, 3.63) is 24.0 Å². The molecule has 0 bridgehead atoms. The molecule has 0 N–H and O–H groups in total. The van der Waals surface area contributed by atoms with Crippen molar-refractivity contribution in [3.63, 3.8) is 0 Å². The van der Waals surface area contributed by atoms with E-state index in [1.807, 2.05) is 24.8 Å². The third kappa shape index (κ3) is 4.50. The summed E-state index contributed by atoms with van der Waals surface area (Å²) in [5, 5.41) is 0. The van der Waals surface area contributed by atoms with E-state index in [-0.39, 0.29) is 24.2 Å². The van der Waals surface area contributed by atoms with Gasteiger partial charge in [0.15, 0.2) is 0 Å². The Hall–Kier alpha value is -1.66. The molecule has 2 saturated heterocycles. The van der Waals surface area contributed by atoms with Gasteiger partial charge in [-0.05, 0) is 58.3 Å². The van der Waals surface area contributed by atoms with Crippen LogP contribution < -0.4 is 4.74 Å². The summed E-state index contributed by atoms with van der Waals surface area (Å²) in [5.41, 5.74) is 0.472. The molecule has 2 aliphatic heterocycles. The van der Waals surface area contributed by atoms with Crippen molar-refractivity contribution in [2.24, 2.45) is 0 Å². The van der Waals surface area contributed by atoms with E-state index in [1.54, 1.807) is 19.4 Å². The molecule has 0 unspecified atom stereocenters. The van der Waals surface area contributed by atoms with Gasteiger partial charge in [-0.1, -0.05) is 0 Å². The fourth-order valence-corrected chi connectivity index (χ4v) is 3.73. The van der Waals surface area contributed by atoms with E-state index in [0.29, 0.717) is 18.0 Å². The average molecular weight is 347 g/mol. The van der Waals surface area contributed by atoms with Crippen molar-refractivity contribution in [1.82, 2.24) is 14.8 Å². The molecule has 0 saturated carbocycles. The van der Waals surface area contributed by atoms with Gasteiger partial charge in [-0.15, -0.1) is 0 Å². The first-order valence-corrected chi connectivity index (χ1v) is 9.25. The smallest absolute Gasteiger partial charge is 0.272 e. The van der Waals surface area contributed by atoms with Crippen molar-refractivity contribution in [2.45, 2.75) is 51.4 Å². The molecule has 6 nitrogen and oxygen atoms in total. The van der Waals surface area contributed by atoms with Crippen molar-refractivity contribution < 1.29 is 14.3 Å². The molecule has 1 aromatic heterocycles. The van der Waals surface area contributed by atoms with Gasteiger partial charge in [-0.3, -0.25) is 4.79 Å². The highest BCUT2D eigenvalue weighted by atomic mass is 16.5. The zero-order chi connectivity index (χ0) is 17.8. The van der Waals surface area contributed by atoms with Crippen molar-refractivity contribution in [3.8, 4) is 5.75 Å². The summed E-state index contributed by atoms with van der Waals surface area (Å²) in [6.07, 6.45) is 5.25. The Balaban J connectivity index is 1.69. The van der Waals surface area contributed by atoms with Crippen molar-refractivity contribution >= 4 is 5.91 Å². The van der Waals surface area contributed by atoms with E-state index < -0.39 is 0 Å². The lowest BCUT2D eigenvalue weighted by atomic mass is 10.2. The standard InChI is InChI=1S/C19H29N3O3/c1-14(2)25-16-6-7-18(20-11-16)19(23)22-13-17(24-3)10-15(22)12-21-8-4-5-9-21/h6-7,11,14-15,17H,4-5,8-10,12-13H2,1-3H3/t15-,17-/m0/s1. The highest BCUT2D eigenvalue weighted by Gasteiger charge is 2.37. The molecular formula is C19H29N3O3. The van der Waals surface area contributed by atoms with Crippen LogP contribution >= 0.6 is 0 Å². The Bertz CT molecular complexity index is 570. The van der Waals surface area contributed by atoms with Crippen molar-refractivity contribution in [2.75, 3.05) is 33.3 Å². The largest absolute Gasteiger partial charge is 0.489 e. The van der Waals surface area contributed by atoms with Gasteiger partial charge in [0.2, 0.25) is 0 Å². The first-order chi connectivity index (χ1) is 12.1. The van der Waals surface area contributed by atoms with Gasteiger partial charge in [0.1, 0.15) is 11.4 Å². The van der Waals surface area contributed by atoms with Crippen LogP contribution in [0.5, 0.6) is 5.75 Å². The maximum absolute atomic E-state index is 13.0. The predicted molar refractivity (Wildman–Crippen MR) is 95.9 cm³/mol. The number of rotatable bonds is 6. The quantitative estimate of drug-likeness (QED) is 0.790. The average Bonchev–Trinajstić information content (AvgIpc) is 3.24. The minimum atomic E-state index is -0.0140. The molecule has 0 aromatic carbocycles. The molecule has 0 spiro atoms. The lowest BCUT2D eigenvalue weighted by Gasteiger charge is -2.28. The van der Waals surface area contributed by atoms with E-state index in [0.717, 1.165) is 26.1 Å². The Labute approximate surface area is 150 Å². The third-order valence-electron chi connectivity index (χ3n) is 4.97. The van der Waals surface area contributed by atoms with Gasteiger partial charge >= 0.3 is 0 Å². The fraction of sp³-hybridized carbons (Fsp3) is 0.684. The summed E-state index contributed by atoms with van der Waals surface area (Å²) in [7, 11) is 1.72. The number of methoxy groups -OCH3 is 1. The molecule has 25 heavy (non-hydrogen) atoms. The summed E-state index contributed by atoms with van der Waals surface area (Å²) < 4.78 is 11.1. The topological polar surface area (TPSA) is 54.9 Å². The second kappa shape index (κ2) is 8.15. The minimum absolute atomic E-state index is 0.0140.